The molecule has 0 spiro atoms. The van der Waals surface area contributed by atoms with Crippen LogP contribution in [0.5, 0.6) is 23.0 Å². The molecule has 0 aromatic heterocycles. The molecule has 0 atom stereocenters. The zero-order valence-electron chi connectivity index (χ0n) is 11.5. The summed E-state index contributed by atoms with van der Waals surface area (Å²) in [5.74, 6) is 3.59. The Hall–Kier alpha value is -2.20. The molecule has 3 aromatic carbocycles. The fourth-order valence-corrected chi connectivity index (χ4v) is 3.69. The summed E-state index contributed by atoms with van der Waals surface area (Å²) in [4.78, 5) is 0. The van der Waals surface area contributed by atoms with Gasteiger partial charge in [0.1, 0.15) is 23.0 Å². The van der Waals surface area contributed by atoms with Crippen LogP contribution in [-0.4, -0.2) is 6.71 Å². The van der Waals surface area contributed by atoms with Crippen LogP contribution in [0.3, 0.4) is 0 Å². The van der Waals surface area contributed by atoms with Crippen LogP contribution < -0.4 is 25.9 Å². The maximum absolute atomic E-state index is 6.11. The van der Waals surface area contributed by atoms with Gasteiger partial charge in [-0.25, -0.2) is 0 Å². The van der Waals surface area contributed by atoms with Crippen molar-refractivity contribution in [3.05, 3.63) is 65.1 Å². The van der Waals surface area contributed by atoms with Gasteiger partial charge in [0.2, 0.25) is 0 Å². The Morgan fingerprint density at radius 1 is 0.682 bits per heavy atom. The smallest absolute Gasteiger partial charge is 0.260 e. The molecule has 104 valence electrons. The van der Waals surface area contributed by atoms with Crippen LogP contribution in [0, 0.1) is 0 Å². The van der Waals surface area contributed by atoms with Crippen molar-refractivity contribution in [3.8, 4) is 23.0 Å². The first kappa shape index (κ1) is 12.4. The molecule has 2 aliphatic rings. The molecule has 5 rings (SSSR count). The second-order valence-corrected chi connectivity index (χ2v) is 6.44. The first-order valence-electron chi connectivity index (χ1n) is 7.18. The fourth-order valence-electron chi connectivity index (χ4n) is 3.35. The Labute approximate surface area is 136 Å². The molecule has 0 bridgehead atoms. The van der Waals surface area contributed by atoms with Gasteiger partial charge in [-0.2, -0.15) is 0 Å². The van der Waals surface area contributed by atoms with Gasteiger partial charge < -0.3 is 9.47 Å². The third-order valence-electron chi connectivity index (χ3n) is 4.27. The monoisotopic (exact) mass is 348 g/mol. The highest BCUT2D eigenvalue weighted by atomic mass is 79.9. The van der Waals surface area contributed by atoms with E-state index in [-0.39, 0.29) is 6.71 Å². The van der Waals surface area contributed by atoms with E-state index in [0.29, 0.717) is 0 Å². The van der Waals surface area contributed by atoms with Gasteiger partial charge in [-0.1, -0.05) is 46.3 Å². The topological polar surface area (TPSA) is 18.5 Å². The van der Waals surface area contributed by atoms with E-state index in [2.05, 4.69) is 40.2 Å². The van der Waals surface area contributed by atoms with Gasteiger partial charge in [0.05, 0.1) is 0 Å². The Balaban J connectivity index is 1.86. The van der Waals surface area contributed by atoms with Crippen molar-refractivity contribution in [3.63, 3.8) is 0 Å². The SMILES string of the molecule is Brc1ccc2c(c1)Oc1cccc3c1B2c1ccccc1O3. The van der Waals surface area contributed by atoms with E-state index >= 15 is 0 Å². The lowest BCUT2D eigenvalue weighted by atomic mass is 9.35. The average molecular weight is 349 g/mol. The van der Waals surface area contributed by atoms with E-state index in [1.165, 1.54) is 10.9 Å². The average Bonchev–Trinajstić information content (AvgIpc) is 2.54. The minimum Gasteiger partial charge on any atom is -0.458 e. The number of fused-ring (bicyclic) bond motifs is 4. The number of hydrogen-bond acceptors (Lipinski definition) is 2. The van der Waals surface area contributed by atoms with Crippen molar-refractivity contribution in [1.29, 1.82) is 0 Å². The molecule has 0 fully saturated rings. The van der Waals surface area contributed by atoms with Crippen LogP contribution >= 0.6 is 15.9 Å². The van der Waals surface area contributed by atoms with Crippen LogP contribution in [0.4, 0.5) is 0 Å². The Morgan fingerprint density at radius 2 is 1.36 bits per heavy atom. The summed E-state index contributed by atoms with van der Waals surface area (Å²) in [5, 5.41) is 0. The first-order chi connectivity index (χ1) is 10.8. The van der Waals surface area contributed by atoms with Crippen molar-refractivity contribution in [2.24, 2.45) is 0 Å². The summed E-state index contributed by atoms with van der Waals surface area (Å²) < 4.78 is 13.2. The molecule has 22 heavy (non-hydrogen) atoms. The molecule has 3 aromatic rings. The molecule has 0 amide bonds. The quantitative estimate of drug-likeness (QED) is 0.400. The predicted octanol–water partition coefficient (Wildman–Crippen LogP) is 3.18. The number of halogens is 1. The fraction of sp³-hybridized carbons (Fsp3) is 0. The van der Waals surface area contributed by atoms with Gasteiger partial charge in [0.15, 0.2) is 0 Å². The minimum atomic E-state index is 0.160. The van der Waals surface area contributed by atoms with Crippen LogP contribution in [0.25, 0.3) is 0 Å². The zero-order chi connectivity index (χ0) is 14.7. The van der Waals surface area contributed by atoms with Gasteiger partial charge >= 0.3 is 0 Å². The van der Waals surface area contributed by atoms with Crippen molar-refractivity contribution in [2.75, 3.05) is 0 Å². The van der Waals surface area contributed by atoms with Crippen molar-refractivity contribution >= 4 is 39.0 Å². The molecule has 0 saturated carbocycles. The highest BCUT2D eigenvalue weighted by molar-refractivity contribution is 9.10. The Bertz CT molecular complexity index is 923. The summed E-state index contributed by atoms with van der Waals surface area (Å²) >= 11 is 3.53. The normalized spacial score (nSPS) is 13.4. The first-order valence-corrected chi connectivity index (χ1v) is 7.97. The number of ether oxygens (including phenoxy) is 2. The molecule has 0 N–H and O–H groups in total. The maximum Gasteiger partial charge on any atom is 0.260 e. The van der Waals surface area contributed by atoms with Crippen molar-refractivity contribution in [1.82, 2.24) is 0 Å². The van der Waals surface area contributed by atoms with E-state index in [4.69, 9.17) is 9.47 Å². The summed E-state index contributed by atoms with van der Waals surface area (Å²) in [6.45, 7) is 0.160. The number of benzene rings is 3. The van der Waals surface area contributed by atoms with Crippen molar-refractivity contribution in [2.45, 2.75) is 0 Å². The molecule has 2 nitrogen and oxygen atoms in total. The number of hydrogen-bond donors (Lipinski definition) is 0. The largest absolute Gasteiger partial charge is 0.458 e. The molecule has 0 unspecified atom stereocenters. The van der Waals surface area contributed by atoms with Crippen LogP contribution in [0.2, 0.25) is 0 Å². The van der Waals surface area contributed by atoms with Gasteiger partial charge in [-0.05, 0) is 41.3 Å². The summed E-state index contributed by atoms with van der Waals surface area (Å²) in [6, 6.07) is 20.4. The third-order valence-corrected chi connectivity index (χ3v) is 4.76. The van der Waals surface area contributed by atoms with Gasteiger partial charge in [-0.3, -0.25) is 0 Å². The van der Waals surface area contributed by atoms with E-state index in [0.717, 1.165) is 32.9 Å². The van der Waals surface area contributed by atoms with E-state index in [1.54, 1.807) is 0 Å². The van der Waals surface area contributed by atoms with Crippen LogP contribution in [0.1, 0.15) is 0 Å². The maximum atomic E-state index is 6.11. The molecular formula is C18H10BBrO2. The second kappa shape index (κ2) is 4.40. The lowest BCUT2D eigenvalue weighted by molar-refractivity contribution is 0.464. The van der Waals surface area contributed by atoms with E-state index in [9.17, 15) is 0 Å². The van der Waals surface area contributed by atoms with Gasteiger partial charge in [0, 0.05) is 9.94 Å². The van der Waals surface area contributed by atoms with Gasteiger partial charge in [-0.15, -0.1) is 0 Å². The second-order valence-electron chi connectivity index (χ2n) is 5.53. The van der Waals surface area contributed by atoms with Crippen molar-refractivity contribution < 1.29 is 9.47 Å². The molecule has 0 saturated heterocycles. The Morgan fingerprint density at radius 3 is 2.23 bits per heavy atom. The lowest BCUT2D eigenvalue weighted by Gasteiger charge is -2.32. The minimum absolute atomic E-state index is 0.160. The number of rotatable bonds is 0. The summed E-state index contributed by atoms with van der Waals surface area (Å²) in [7, 11) is 0. The van der Waals surface area contributed by atoms with Crippen LogP contribution in [0.15, 0.2) is 65.1 Å². The molecule has 0 radical (unpaired) electrons. The van der Waals surface area contributed by atoms with Crippen LogP contribution in [-0.2, 0) is 0 Å². The molecule has 4 heteroatoms. The summed E-state index contributed by atoms with van der Waals surface area (Å²) in [6.07, 6.45) is 0. The third kappa shape index (κ3) is 1.61. The molecular weight excluding hydrogens is 339 g/mol. The highest BCUT2D eigenvalue weighted by Gasteiger charge is 2.39. The van der Waals surface area contributed by atoms with E-state index in [1.807, 2.05) is 36.4 Å². The Kier molecular flexibility index (Phi) is 2.47. The standard InChI is InChI=1S/C18H10BBrO2/c20-11-8-9-13-17(10-11)22-16-7-3-6-15-18(16)19(13)12-4-1-2-5-14(12)21-15/h1-10H. The summed E-state index contributed by atoms with van der Waals surface area (Å²) in [5.41, 5.74) is 3.49. The lowest BCUT2D eigenvalue weighted by Crippen LogP contribution is -2.57. The van der Waals surface area contributed by atoms with Gasteiger partial charge in [0.25, 0.3) is 6.71 Å². The highest BCUT2D eigenvalue weighted by Crippen LogP contribution is 2.34. The molecule has 2 heterocycles. The zero-order valence-corrected chi connectivity index (χ0v) is 13.1. The molecule has 0 aliphatic carbocycles. The number of para-hydroxylation sites is 1. The van der Waals surface area contributed by atoms with E-state index < -0.39 is 0 Å². The predicted molar refractivity (Wildman–Crippen MR) is 91.8 cm³/mol. The molecule has 2 aliphatic heterocycles.